The van der Waals surface area contributed by atoms with E-state index in [2.05, 4.69) is 12.2 Å². The highest BCUT2D eigenvalue weighted by Crippen LogP contribution is 2.25. The molecule has 0 aliphatic heterocycles. The van der Waals surface area contributed by atoms with Crippen LogP contribution >= 0.6 is 0 Å². The van der Waals surface area contributed by atoms with Crippen LogP contribution in [0.1, 0.15) is 18.9 Å². The number of methoxy groups -OCH3 is 2. The quantitative estimate of drug-likeness (QED) is 0.602. The van der Waals surface area contributed by atoms with Crippen molar-refractivity contribution in [3.63, 3.8) is 0 Å². The van der Waals surface area contributed by atoms with Gasteiger partial charge in [0.1, 0.15) is 11.6 Å². The summed E-state index contributed by atoms with van der Waals surface area (Å²) in [5, 5.41) is 8.24. The molecule has 2 aromatic carbocycles. The Hall–Kier alpha value is -2.70. The summed E-state index contributed by atoms with van der Waals surface area (Å²) in [6.07, 6.45) is 2.93. The molecule has 3 rings (SSSR count). The summed E-state index contributed by atoms with van der Waals surface area (Å²) in [7, 11) is 3.34. The summed E-state index contributed by atoms with van der Waals surface area (Å²) in [4.78, 5) is 0. The summed E-state index contributed by atoms with van der Waals surface area (Å²) >= 11 is 0. The smallest absolute Gasteiger partial charge is 0.123 e. The fourth-order valence-corrected chi connectivity index (χ4v) is 3.06. The molecule has 1 atom stereocenters. The number of halogens is 1. The first kappa shape index (κ1) is 20.0. The van der Waals surface area contributed by atoms with Crippen molar-refractivity contribution in [2.24, 2.45) is 0 Å². The Balaban J connectivity index is 1.94. The topological polar surface area (TPSA) is 48.3 Å². The maximum Gasteiger partial charge on any atom is 0.123 e. The molecule has 1 N–H and O–H groups in total. The molecule has 0 bridgehead atoms. The molecule has 6 heteroatoms. The molecule has 0 amide bonds. The van der Waals surface area contributed by atoms with E-state index in [1.165, 1.54) is 12.1 Å². The zero-order valence-electron chi connectivity index (χ0n) is 16.5. The first-order valence-corrected chi connectivity index (χ1v) is 9.35. The molecular weight excluding hydrogens is 357 g/mol. The molecule has 0 aliphatic carbocycles. The van der Waals surface area contributed by atoms with E-state index in [4.69, 9.17) is 14.6 Å². The largest absolute Gasteiger partial charge is 0.497 e. The van der Waals surface area contributed by atoms with Crippen molar-refractivity contribution in [3.05, 3.63) is 66.1 Å². The van der Waals surface area contributed by atoms with Gasteiger partial charge >= 0.3 is 0 Å². The Kier molecular flexibility index (Phi) is 6.79. The third-order valence-corrected chi connectivity index (χ3v) is 4.67. The zero-order valence-corrected chi connectivity index (χ0v) is 16.5. The second kappa shape index (κ2) is 9.48. The average Bonchev–Trinajstić information content (AvgIpc) is 3.15. The molecule has 0 saturated heterocycles. The second-order valence-corrected chi connectivity index (χ2v) is 6.60. The summed E-state index contributed by atoms with van der Waals surface area (Å²) in [6.45, 7) is 3.37. The molecule has 0 spiro atoms. The molecule has 0 aliphatic rings. The lowest BCUT2D eigenvalue weighted by Crippen LogP contribution is -2.32. The van der Waals surface area contributed by atoms with E-state index in [-0.39, 0.29) is 11.9 Å². The third kappa shape index (κ3) is 4.77. The van der Waals surface area contributed by atoms with E-state index in [0.29, 0.717) is 13.2 Å². The molecule has 0 fully saturated rings. The molecular formula is C22H26FN3O2. The molecule has 1 heterocycles. The molecule has 148 valence electrons. The van der Waals surface area contributed by atoms with E-state index in [1.807, 2.05) is 41.2 Å². The lowest BCUT2D eigenvalue weighted by atomic mass is 10.1. The van der Waals surface area contributed by atoms with Gasteiger partial charge < -0.3 is 14.8 Å². The minimum Gasteiger partial charge on any atom is -0.497 e. The minimum absolute atomic E-state index is 0.245. The van der Waals surface area contributed by atoms with Gasteiger partial charge in [-0.05, 0) is 42.8 Å². The van der Waals surface area contributed by atoms with Crippen LogP contribution in [-0.2, 0) is 11.3 Å². The van der Waals surface area contributed by atoms with Gasteiger partial charge in [-0.3, -0.25) is 0 Å². The highest BCUT2D eigenvalue weighted by Gasteiger charge is 2.15. The van der Waals surface area contributed by atoms with Gasteiger partial charge in [0.15, 0.2) is 0 Å². The number of aromatic nitrogens is 2. The SMILES string of the molecule is CC[C@H](COC)NCc1cn(-c2ccc(OC)cc2)nc1-c1cccc(F)c1. The van der Waals surface area contributed by atoms with Crippen LogP contribution in [0, 0.1) is 5.82 Å². The number of ether oxygens (including phenoxy) is 2. The van der Waals surface area contributed by atoms with Gasteiger partial charge in [-0.25, -0.2) is 9.07 Å². The normalized spacial score (nSPS) is 12.1. The van der Waals surface area contributed by atoms with Crippen LogP contribution in [0.15, 0.2) is 54.7 Å². The van der Waals surface area contributed by atoms with E-state index >= 15 is 0 Å². The van der Waals surface area contributed by atoms with Gasteiger partial charge in [0, 0.05) is 37.0 Å². The second-order valence-electron chi connectivity index (χ2n) is 6.60. The standard InChI is InChI=1S/C22H26FN3O2/c1-4-19(15-27-2)24-13-17-14-26(20-8-10-21(28-3)11-9-20)25-22(17)16-6-5-7-18(23)12-16/h5-12,14,19,24H,4,13,15H2,1-3H3/t19-/m1/s1. The number of hydrogen-bond acceptors (Lipinski definition) is 4. The summed E-state index contributed by atoms with van der Waals surface area (Å²) in [5.41, 5.74) is 3.42. The van der Waals surface area contributed by atoms with E-state index in [1.54, 1.807) is 20.3 Å². The van der Waals surface area contributed by atoms with Crippen LogP contribution in [0.2, 0.25) is 0 Å². The van der Waals surface area contributed by atoms with Crippen molar-refractivity contribution >= 4 is 0 Å². The Morgan fingerprint density at radius 3 is 2.57 bits per heavy atom. The summed E-state index contributed by atoms with van der Waals surface area (Å²) in [5.74, 6) is 0.509. The van der Waals surface area contributed by atoms with Crippen molar-refractivity contribution in [1.29, 1.82) is 0 Å². The Bertz CT molecular complexity index is 893. The van der Waals surface area contributed by atoms with Crippen molar-refractivity contribution in [3.8, 4) is 22.7 Å². The zero-order chi connectivity index (χ0) is 19.9. The molecule has 1 aromatic heterocycles. The molecule has 0 unspecified atom stereocenters. The predicted molar refractivity (Wildman–Crippen MR) is 108 cm³/mol. The van der Waals surface area contributed by atoms with Crippen LogP contribution in [0.25, 0.3) is 16.9 Å². The Morgan fingerprint density at radius 2 is 1.93 bits per heavy atom. The van der Waals surface area contributed by atoms with E-state index in [0.717, 1.165) is 34.7 Å². The number of benzene rings is 2. The van der Waals surface area contributed by atoms with Gasteiger partial charge in [0.05, 0.1) is 25.1 Å². The molecule has 3 aromatic rings. The average molecular weight is 383 g/mol. The third-order valence-electron chi connectivity index (χ3n) is 4.67. The number of hydrogen-bond donors (Lipinski definition) is 1. The van der Waals surface area contributed by atoms with Gasteiger partial charge in [-0.2, -0.15) is 5.10 Å². The summed E-state index contributed by atoms with van der Waals surface area (Å²) < 4.78 is 26.1. The molecule has 5 nitrogen and oxygen atoms in total. The van der Waals surface area contributed by atoms with Gasteiger partial charge in [-0.1, -0.05) is 19.1 Å². The maximum absolute atomic E-state index is 13.8. The van der Waals surface area contributed by atoms with Gasteiger partial charge in [0.2, 0.25) is 0 Å². The van der Waals surface area contributed by atoms with Crippen LogP contribution < -0.4 is 10.1 Å². The monoisotopic (exact) mass is 383 g/mol. The summed E-state index contributed by atoms with van der Waals surface area (Å²) in [6, 6.07) is 14.4. The number of nitrogens with one attached hydrogen (secondary N) is 1. The van der Waals surface area contributed by atoms with Crippen LogP contribution in [0.3, 0.4) is 0 Å². The highest BCUT2D eigenvalue weighted by molar-refractivity contribution is 5.63. The lowest BCUT2D eigenvalue weighted by Gasteiger charge is -2.15. The van der Waals surface area contributed by atoms with Crippen LogP contribution in [0.4, 0.5) is 4.39 Å². The van der Waals surface area contributed by atoms with Gasteiger partial charge in [-0.15, -0.1) is 0 Å². The lowest BCUT2D eigenvalue weighted by molar-refractivity contribution is 0.164. The van der Waals surface area contributed by atoms with E-state index in [9.17, 15) is 4.39 Å². The Morgan fingerprint density at radius 1 is 1.14 bits per heavy atom. The number of rotatable bonds is 9. The molecule has 0 saturated carbocycles. The molecule has 0 radical (unpaired) electrons. The van der Waals surface area contributed by atoms with Gasteiger partial charge in [0.25, 0.3) is 0 Å². The minimum atomic E-state index is -0.277. The fourth-order valence-electron chi connectivity index (χ4n) is 3.06. The first-order valence-electron chi connectivity index (χ1n) is 9.35. The maximum atomic E-state index is 13.8. The van der Waals surface area contributed by atoms with Crippen LogP contribution in [-0.4, -0.2) is 36.6 Å². The van der Waals surface area contributed by atoms with Crippen molar-refractivity contribution in [1.82, 2.24) is 15.1 Å². The number of nitrogens with zero attached hydrogens (tertiary/aromatic N) is 2. The van der Waals surface area contributed by atoms with Crippen molar-refractivity contribution in [2.45, 2.75) is 25.9 Å². The first-order chi connectivity index (χ1) is 13.6. The van der Waals surface area contributed by atoms with Crippen molar-refractivity contribution < 1.29 is 13.9 Å². The highest BCUT2D eigenvalue weighted by atomic mass is 19.1. The Labute approximate surface area is 165 Å². The van der Waals surface area contributed by atoms with Crippen molar-refractivity contribution in [2.75, 3.05) is 20.8 Å². The van der Waals surface area contributed by atoms with E-state index < -0.39 is 0 Å². The van der Waals surface area contributed by atoms with Crippen LogP contribution in [0.5, 0.6) is 5.75 Å². The fraction of sp³-hybridized carbons (Fsp3) is 0.318. The molecule has 28 heavy (non-hydrogen) atoms. The predicted octanol–water partition coefficient (Wildman–Crippen LogP) is 4.20.